The lowest BCUT2D eigenvalue weighted by Crippen LogP contribution is -2.41. The molecular formula is C25H28N2O5. The fourth-order valence-corrected chi connectivity index (χ4v) is 3.77. The lowest BCUT2D eigenvalue weighted by molar-refractivity contribution is -0.141. The number of nitrogens with one attached hydrogen (secondary N) is 2. The number of allylic oxidation sites excluding steroid dienone is 1. The first-order valence-electron chi connectivity index (χ1n) is 10.6. The van der Waals surface area contributed by atoms with Crippen LogP contribution in [0.5, 0.6) is 0 Å². The van der Waals surface area contributed by atoms with Crippen LogP contribution in [0.3, 0.4) is 0 Å². The fraction of sp³-hybridized carbons (Fsp3) is 0.320. The SMILES string of the molecule is CC(C)=CCC(NC(=O)CCNC(=O)OCC1c2ccccc2-c2ccccc21)C(=O)O. The van der Waals surface area contributed by atoms with Gasteiger partial charge < -0.3 is 20.5 Å². The molecule has 0 heterocycles. The Hall–Kier alpha value is -3.61. The van der Waals surface area contributed by atoms with Gasteiger partial charge in [0.25, 0.3) is 0 Å². The number of alkyl carbamates (subject to hydrolysis) is 1. The van der Waals surface area contributed by atoms with Crippen LogP contribution in [0.4, 0.5) is 4.79 Å². The summed E-state index contributed by atoms with van der Waals surface area (Å²) in [6, 6.07) is 15.1. The number of rotatable bonds is 9. The Morgan fingerprint density at radius 1 is 1.03 bits per heavy atom. The Balaban J connectivity index is 1.46. The van der Waals surface area contributed by atoms with Crippen molar-refractivity contribution in [2.24, 2.45) is 0 Å². The van der Waals surface area contributed by atoms with Crippen molar-refractivity contribution >= 4 is 18.0 Å². The molecule has 1 unspecified atom stereocenters. The summed E-state index contributed by atoms with van der Waals surface area (Å²) < 4.78 is 5.42. The monoisotopic (exact) mass is 436 g/mol. The van der Waals surface area contributed by atoms with E-state index in [1.165, 1.54) is 0 Å². The Morgan fingerprint density at radius 2 is 1.62 bits per heavy atom. The summed E-state index contributed by atoms with van der Waals surface area (Å²) in [5.41, 5.74) is 5.51. The van der Waals surface area contributed by atoms with Gasteiger partial charge in [0.2, 0.25) is 5.91 Å². The molecule has 3 rings (SSSR count). The van der Waals surface area contributed by atoms with Crippen molar-refractivity contribution in [3.8, 4) is 11.1 Å². The van der Waals surface area contributed by atoms with Crippen LogP contribution in [0.2, 0.25) is 0 Å². The molecule has 2 aromatic carbocycles. The van der Waals surface area contributed by atoms with E-state index in [1.807, 2.05) is 50.2 Å². The number of hydrogen-bond acceptors (Lipinski definition) is 4. The number of carbonyl (C=O) groups excluding carboxylic acids is 2. The second-order valence-electron chi connectivity index (χ2n) is 7.98. The molecule has 1 aliphatic carbocycles. The number of aliphatic carboxylic acids is 1. The Bertz CT molecular complexity index is 981. The summed E-state index contributed by atoms with van der Waals surface area (Å²) in [5.74, 6) is -1.58. The number of ether oxygens (including phenoxy) is 1. The zero-order valence-corrected chi connectivity index (χ0v) is 18.3. The van der Waals surface area contributed by atoms with Crippen molar-refractivity contribution in [1.82, 2.24) is 10.6 Å². The number of hydrogen-bond donors (Lipinski definition) is 3. The quantitative estimate of drug-likeness (QED) is 0.518. The molecule has 0 bridgehead atoms. The molecule has 0 aliphatic heterocycles. The minimum Gasteiger partial charge on any atom is -0.480 e. The van der Waals surface area contributed by atoms with E-state index < -0.39 is 24.0 Å². The van der Waals surface area contributed by atoms with Crippen molar-refractivity contribution in [3.63, 3.8) is 0 Å². The van der Waals surface area contributed by atoms with Crippen molar-refractivity contribution in [3.05, 3.63) is 71.3 Å². The normalized spacial score (nSPS) is 12.8. The number of benzene rings is 2. The van der Waals surface area contributed by atoms with Gasteiger partial charge in [-0.05, 0) is 42.5 Å². The van der Waals surface area contributed by atoms with E-state index in [4.69, 9.17) is 4.74 Å². The van der Waals surface area contributed by atoms with Gasteiger partial charge in [-0.15, -0.1) is 0 Å². The van der Waals surface area contributed by atoms with E-state index in [2.05, 4.69) is 22.8 Å². The van der Waals surface area contributed by atoms with Crippen LogP contribution in [0, 0.1) is 0 Å². The zero-order chi connectivity index (χ0) is 23.1. The maximum atomic E-state index is 12.1. The molecule has 168 valence electrons. The molecule has 2 amide bonds. The van der Waals surface area contributed by atoms with Crippen molar-refractivity contribution in [1.29, 1.82) is 0 Å². The van der Waals surface area contributed by atoms with Gasteiger partial charge in [0.1, 0.15) is 12.6 Å². The number of carboxylic acids is 1. The average molecular weight is 437 g/mol. The topological polar surface area (TPSA) is 105 Å². The maximum Gasteiger partial charge on any atom is 0.407 e. The summed E-state index contributed by atoms with van der Waals surface area (Å²) in [4.78, 5) is 35.5. The molecule has 32 heavy (non-hydrogen) atoms. The molecule has 0 radical (unpaired) electrons. The first kappa shape index (κ1) is 23.1. The lowest BCUT2D eigenvalue weighted by Gasteiger charge is -2.15. The molecule has 3 N–H and O–H groups in total. The molecule has 0 aromatic heterocycles. The molecule has 7 nitrogen and oxygen atoms in total. The highest BCUT2D eigenvalue weighted by atomic mass is 16.5. The molecule has 7 heteroatoms. The molecule has 1 atom stereocenters. The lowest BCUT2D eigenvalue weighted by atomic mass is 9.98. The average Bonchev–Trinajstić information content (AvgIpc) is 3.08. The highest BCUT2D eigenvalue weighted by molar-refractivity contribution is 5.84. The molecule has 2 aromatic rings. The van der Waals surface area contributed by atoms with Crippen molar-refractivity contribution < 1.29 is 24.2 Å². The van der Waals surface area contributed by atoms with Crippen LogP contribution in [-0.2, 0) is 14.3 Å². The molecule has 0 spiro atoms. The third-order valence-electron chi connectivity index (χ3n) is 5.36. The predicted octanol–water partition coefficient (Wildman–Crippen LogP) is 3.84. The van der Waals surface area contributed by atoms with Crippen molar-refractivity contribution in [2.75, 3.05) is 13.2 Å². The minimum atomic E-state index is -1.10. The van der Waals surface area contributed by atoms with Gasteiger partial charge in [0, 0.05) is 18.9 Å². The van der Waals surface area contributed by atoms with Gasteiger partial charge >= 0.3 is 12.1 Å². The predicted molar refractivity (Wildman–Crippen MR) is 121 cm³/mol. The minimum absolute atomic E-state index is 0.0389. The van der Waals surface area contributed by atoms with E-state index >= 15 is 0 Å². The van der Waals surface area contributed by atoms with Crippen LogP contribution < -0.4 is 10.6 Å². The number of carboxylic acid groups (broad SMARTS) is 1. The summed E-state index contributed by atoms with van der Waals surface area (Å²) >= 11 is 0. The van der Waals surface area contributed by atoms with Crippen LogP contribution >= 0.6 is 0 Å². The van der Waals surface area contributed by atoms with Crippen LogP contribution in [0.15, 0.2) is 60.2 Å². The highest BCUT2D eigenvalue weighted by Gasteiger charge is 2.29. The molecular weight excluding hydrogens is 408 g/mol. The fourth-order valence-electron chi connectivity index (χ4n) is 3.77. The first-order chi connectivity index (χ1) is 15.4. The van der Waals surface area contributed by atoms with E-state index in [0.717, 1.165) is 27.8 Å². The van der Waals surface area contributed by atoms with Crippen LogP contribution in [0.1, 0.15) is 43.7 Å². The smallest absolute Gasteiger partial charge is 0.407 e. The van der Waals surface area contributed by atoms with Gasteiger partial charge in [-0.1, -0.05) is 60.2 Å². The number of fused-ring (bicyclic) bond motifs is 3. The second kappa shape index (κ2) is 10.6. The summed E-state index contributed by atoms with van der Waals surface area (Å²) in [6.45, 7) is 3.96. The van der Waals surface area contributed by atoms with Crippen molar-refractivity contribution in [2.45, 2.75) is 38.6 Å². The van der Waals surface area contributed by atoms with Crippen LogP contribution in [-0.4, -0.2) is 42.3 Å². The van der Waals surface area contributed by atoms with Gasteiger partial charge in [0.15, 0.2) is 0 Å². The third kappa shape index (κ3) is 5.75. The Labute approximate surface area is 187 Å². The van der Waals surface area contributed by atoms with E-state index in [1.54, 1.807) is 6.08 Å². The molecule has 1 aliphatic rings. The van der Waals surface area contributed by atoms with E-state index in [9.17, 15) is 19.5 Å². The Kier molecular flexibility index (Phi) is 7.65. The maximum absolute atomic E-state index is 12.1. The zero-order valence-electron chi connectivity index (χ0n) is 18.3. The third-order valence-corrected chi connectivity index (χ3v) is 5.36. The first-order valence-corrected chi connectivity index (χ1v) is 10.6. The second-order valence-corrected chi connectivity index (χ2v) is 7.98. The van der Waals surface area contributed by atoms with E-state index in [-0.39, 0.29) is 31.9 Å². The van der Waals surface area contributed by atoms with E-state index in [0.29, 0.717) is 0 Å². The van der Waals surface area contributed by atoms with Gasteiger partial charge in [-0.3, -0.25) is 4.79 Å². The summed E-state index contributed by atoms with van der Waals surface area (Å²) in [7, 11) is 0. The molecule has 0 saturated carbocycles. The van der Waals surface area contributed by atoms with Crippen LogP contribution in [0.25, 0.3) is 11.1 Å². The largest absolute Gasteiger partial charge is 0.480 e. The molecule has 0 fully saturated rings. The summed E-state index contributed by atoms with van der Waals surface area (Å²) in [5, 5.41) is 14.3. The highest BCUT2D eigenvalue weighted by Crippen LogP contribution is 2.44. The van der Waals surface area contributed by atoms with Gasteiger partial charge in [-0.25, -0.2) is 9.59 Å². The van der Waals surface area contributed by atoms with Gasteiger partial charge in [0.05, 0.1) is 0 Å². The van der Waals surface area contributed by atoms with Gasteiger partial charge in [-0.2, -0.15) is 0 Å². The molecule has 0 saturated heterocycles. The number of carbonyl (C=O) groups is 3. The number of amides is 2. The summed E-state index contributed by atoms with van der Waals surface area (Å²) in [6.07, 6.45) is 1.32. The Morgan fingerprint density at radius 3 is 2.19 bits per heavy atom. The standard InChI is InChI=1S/C25H28N2O5/c1-16(2)11-12-22(24(29)30)27-23(28)13-14-26-25(31)32-15-21-19-9-5-3-7-17(19)18-8-4-6-10-20(18)21/h3-11,21-22H,12-15H2,1-2H3,(H,26,31)(H,27,28)(H,29,30).